The third kappa shape index (κ3) is 5.78. The van der Waals surface area contributed by atoms with Crippen molar-refractivity contribution in [1.82, 2.24) is 10.2 Å². The van der Waals surface area contributed by atoms with E-state index >= 15 is 0 Å². The fraction of sp³-hybridized carbons (Fsp3) is 0.440. The summed E-state index contributed by atoms with van der Waals surface area (Å²) in [7, 11) is 0. The van der Waals surface area contributed by atoms with Crippen molar-refractivity contribution in [1.29, 1.82) is 0 Å². The van der Waals surface area contributed by atoms with Crippen LogP contribution in [0.5, 0.6) is 5.75 Å². The minimum absolute atomic E-state index is 0.0534. The molecule has 0 aliphatic carbocycles. The van der Waals surface area contributed by atoms with Crippen molar-refractivity contribution < 1.29 is 19.4 Å². The molecule has 166 valence electrons. The first-order chi connectivity index (χ1) is 14.7. The number of hydrogen-bond donors (Lipinski definition) is 2. The zero-order valence-corrected chi connectivity index (χ0v) is 18.8. The number of nitrogens with one attached hydrogen (secondary N) is 1. The molecule has 3 rings (SSSR count). The Labute approximate surface area is 184 Å². The van der Waals surface area contributed by atoms with Crippen LogP contribution in [0.1, 0.15) is 54.9 Å². The summed E-state index contributed by atoms with van der Waals surface area (Å²) in [5.41, 5.74) is 3.32. The lowest BCUT2D eigenvalue weighted by Crippen LogP contribution is -2.44. The van der Waals surface area contributed by atoms with Gasteiger partial charge in [-0.1, -0.05) is 30.3 Å². The van der Waals surface area contributed by atoms with Gasteiger partial charge in [-0.15, -0.1) is 0 Å². The average molecular weight is 425 g/mol. The summed E-state index contributed by atoms with van der Waals surface area (Å²) in [5, 5.41) is 12.3. The molecule has 0 aromatic heterocycles. The number of carboxylic acids is 1. The molecule has 6 nitrogen and oxygen atoms in total. The molecule has 1 heterocycles. The maximum Gasteiger partial charge on any atom is 0.347 e. The first-order valence-corrected chi connectivity index (χ1v) is 10.8. The number of piperidine rings is 1. The Morgan fingerprint density at radius 2 is 1.94 bits per heavy atom. The fourth-order valence-electron chi connectivity index (χ4n) is 3.81. The minimum Gasteiger partial charge on any atom is -0.478 e. The lowest BCUT2D eigenvalue weighted by atomic mass is 9.90. The molecule has 2 amide bonds. The van der Waals surface area contributed by atoms with Gasteiger partial charge in [0.2, 0.25) is 0 Å². The van der Waals surface area contributed by atoms with Crippen molar-refractivity contribution >= 4 is 12.0 Å². The van der Waals surface area contributed by atoms with Gasteiger partial charge < -0.3 is 20.1 Å². The van der Waals surface area contributed by atoms with Gasteiger partial charge in [0, 0.05) is 25.6 Å². The first-order valence-electron chi connectivity index (χ1n) is 10.8. The van der Waals surface area contributed by atoms with Gasteiger partial charge in [-0.05, 0) is 74.9 Å². The lowest BCUT2D eigenvalue weighted by molar-refractivity contribution is -0.152. The van der Waals surface area contributed by atoms with Crippen molar-refractivity contribution in [3.8, 4) is 5.75 Å². The third-order valence-corrected chi connectivity index (χ3v) is 5.94. The van der Waals surface area contributed by atoms with Crippen molar-refractivity contribution in [2.45, 2.75) is 58.6 Å². The van der Waals surface area contributed by atoms with E-state index in [-0.39, 0.29) is 11.9 Å². The summed E-state index contributed by atoms with van der Waals surface area (Å²) < 4.78 is 5.68. The number of aliphatic carboxylic acids is 1. The van der Waals surface area contributed by atoms with Crippen LogP contribution in [0.15, 0.2) is 42.5 Å². The summed E-state index contributed by atoms with van der Waals surface area (Å²) in [4.78, 5) is 26.0. The van der Waals surface area contributed by atoms with E-state index in [2.05, 4.69) is 31.3 Å². The summed E-state index contributed by atoms with van der Waals surface area (Å²) in [6.45, 7) is 9.09. The number of hydrogen-bond acceptors (Lipinski definition) is 3. The predicted molar refractivity (Wildman–Crippen MR) is 120 cm³/mol. The Kier molecular flexibility index (Phi) is 6.88. The van der Waals surface area contributed by atoms with E-state index in [1.165, 1.54) is 25.0 Å². The maximum atomic E-state index is 12.8. The normalized spacial score (nSPS) is 16.6. The van der Waals surface area contributed by atoms with Crippen molar-refractivity contribution in [3.63, 3.8) is 0 Å². The van der Waals surface area contributed by atoms with E-state index < -0.39 is 11.6 Å². The highest BCUT2D eigenvalue weighted by Crippen LogP contribution is 2.30. The Morgan fingerprint density at radius 3 is 2.65 bits per heavy atom. The van der Waals surface area contributed by atoms with Crippen molar-refractivity contribution in [3.05, 3.63) is 64.7 Å². The van der Waals surface area contributed by atoms with Crippen LogP contribution < -0.4 is 10.1 Å². The molecule has 2 aromatic rings. The number of rotatable bonds is 6. The quantitative estimate of drug-likeness (QED) is 0.708. The molecule has 0 radical (unpaired) electrons. The Bertz CT molecular complexity index is 954. The van der Waals surface area contributed by atoms with Crippen LogP contribution in [-0.4, -0.2) is 40.7 Å². The van der Waals surface area contributed by atoms with Gasteiger partial charge in [-0.25, -0.2) is 9.59 Å². The molecule has 1 fully saturated rings. The minimum atomic E-state index is -1.30. The predicted octanol–water partition coefficient (Wildman–Crippen LogP) is 4.63. The highest BCUT2D eigenvalue weighted by molar-refractivity contribution is 5.76. The number of urea groups is 1. The van der Waals surface area contributed by atoms with Gasteiger partial charge in [0.15, 0.2) is 5.60 Å². The van der Waals surface area contributed by atoms with Crippen LogP contribution in [0.3, 0.4) is 0 Å². The number of amides is 2. The molecule has 6 heteroatoms. The number of aryl methyl sites for hydroxylation is 2. The SMILES string of the molecule is Cc1ccc(CNC(=O)N2CCCC(c3cccc(OC(C)(C)C(=O)O)c3)C2)cc1C. The van der Waals surface area contributed by atoms with Crippen LogP contribution in [0.25, 0.3) is 0 Å². The van der Waals surface area contributed by atoms with E-state index in [0.717, 1.165) is 30.5 Å². The molecule has 1 unspecified atom stereocenters. The second-order valence-corrected chi connectivity index (χ2v) is 8.85. The second kappa shape index (κ2) is 9.41. The van der Waals surface area contributed by atoms with Crippen LogP contribution in [0.4, 0.5) is 4.79 Å². The smallest absolute Gasteiger partial charge is 0.347 e. The first kappa shape index (κ1) is 22.7. The van der Waals surface area contributed by atoms with Crippen molar-refractivity contribution in [2.24, 2.45) is 0 Å². The lowest BCUT2D eigenvalue weighted by Gasteiger charge is -2.33. The van der Waals surface area contributed by atoms with Gasteiger partial charge in [-0.3, -0.25) is 0 Å². The number of likely N-dealkylation sites (tertiary alicyclic amines) is 1. The van der Waals surface area contributed by atoms with E-state index in [4.69, 9.17) is 4.74 Å². The monoisotopic (exact) mass is 424 g/mol. The van der Waals surface area contributed by atoms with E-state index in [1.54, 1.807) is 6.07 Å². The van der Waals surface area contributed by atoms with Gasteiger partial charge in [0.05, 0.1) is 0 Å². The topological polar surface area (TPSA) is 78.9 Å². The van der Waals surface area contributed by atoms with E-state index in [1.807, 2.05) is 29.2 Å². The number of carbonyl (C=O) groups is 2. The van der Waals surface area contributed by atoms with Crippen LogP contribution >= 0.6 is 0 Å². The number of ether oxygens (including phenoxy) is 1. The molecule has 1 atom stereocenters. The highest BCUT2D eigenvalue weighted by atomic mass is 16.5. The molecule has 0 saturated carbocycles. The Hall–Kier alpha value is -3.02. The Morgan fingerprint density at radius 1 is 1.16 bits per heavy atom. The molecular formula is C25H32N2O4. The van der Waals surface area contributed by atoms with Gasteiger partial charge in [0.1, 0.15) is 5.75 Å². The standard InChI is InChI=1S/C25H32N2O4/c1-17-10-11-19(13-18(17)2)15-26-24(30)27-12-6-8-21(16-27)20-7-5-9-22(14-20)31-25(3,4)23(28)29/h5,7,9-11,13-14,21H,6,8,12,15-16H2,1-4H3,(H,26,30)(H,28,29). The van der Waals surface area contributed by atoms with Crippen molar-refractivity contribution in [2.75, 3.05) is 13.1 Å². The van der Waals surface area contributed by atoms with E-state index in [0.29, 0.717) is 18.8 Å². The molecule has 0 spiro atoms. The number of carbonyl (C=O) groups excluding carboxylic acids is 1. The molecule has 0 bridgehead atoms. The molecule has 1 saturated heterocycles. The van der Waals surface area contributed by atoms with Crippen LogP contribution in [0, 0.1) is 13.8 Å². The summed E-state index contributed by atoms with van der Waals surface area (Å²) in [5.74, 6) is -0.291. The average Bonchev–Trinajstić information content (AvgIpc) is 2.74. The molecular weight excluding hydrogens is 392 g/mol. The summed E-state index contributed by atoms with van der Waals surface area (Å²) in [6, 6.07) is 13.7. The van der Waals surface area contributed by atoms with Gasteiger partial charge in [0.25, 0.3) is 0 Å². The molecule has 2 aromatic carbocycles. The molecule has 1 aliphatic rings. The highest BCUT2D eigenvalue weighted by Gasteiger charge is 2.30. The third-order valence-electron chi connectivity index (χ3n) is 5.94. The second-order valence-electron chi connectivity index (χ2n) is 8.85. The molecule has 2 N–H and O–H groups in total. The maximum absolute atomic E-state index is 12.8. The largest absolute Gasteiger partial charge is 0.478 e. The molecule has 31 heavy (non-hydrogen) atoms. The van der Waals surface area contributed by atoms with Gasteiger partial charge >= 0.3 is 12.0 Å². The molecule has 1 aliphatic heterocycles. The van der Waals surface area contributed by atoms with Crippen LogP contribution in [-0.2, 0) is 11.3 Å². The van der Waals surface area contributed by atoms with Crippen LogP contribution in [0.2, 0.25) is 0 Å². The summed E-state index contributed by atoms with van der Waals surface area (Å²) in [6.07, 6.45) is 1.90. The zero-order chi connectivity index (χ0) is 22.6. The summed E-state index contributed by atoms with van der Waals surface area (Å²) >= 11 is 0. The number of carboxylic acid groups (broad SMARTS) is 1. The van der Waals surface area contributed by atoms with E-state index in [9.17, 15) is 14.7 Å². The zero-order valence-electron chi connectivity index (χ0n) is 18.8. The Balaban J connectivity index is 1.62. The number of benzene rings is 2. The number of nitrogens with zero attached hydrogens (tertiary/aromatic N) is 1. The fourth-order valence-corrected chi connectivity index (χ4v) is 3.81. The van der Waals surface area contributed by atoms with Gasteiger partial charge in [-0.2, -0.15) is 0 Å².